The number of benzene rings is 3. The van der Waals surface area contributed by atoms with E-state index >= 15 is 0 Å². The monoisotopic (exact) mass is 529 g/mol. The minimum absolute atomic E-state index is 0.175. The fourth-order valence-corrected chi connectivity index (χ4v) is 7.55. The van der Waals surface area contributed by atoms with E-state index in [1.807, 2.05) is 62.4 Å². The first-order valence-electron chi connectivity index (χ1n) is 11.3. The van der Waals surface area contributed by atoms with Crippen molar-refractivity contribution < 1.29 is 21.2 Å². The maximum Gasteiger partial charge on any atom is 0.224 e. The first-order chi connectivity index (χ1) is 16.8. The van der Waals surface area contributed by atoms with Gasteiger partial charge in [0.2, 0.25) is 20.0 Å². The molecule has 36 heavy (non-hydrogen) atoms. The van der Waals surface area contributed by atoms with Crippen LogP contribution in [-0.4, -0.2) is 38.6 Å². The Labute approximate surface area is 211 Å². The van der Waals surface area contributed by atoms with Crippen molar-refractivity contribution in [2.24, 2.45) is 5.41 Å². The Hall–Kier alpha value is -3.08. The number of sulfonamides is 2. The molecule has 0 saturated heterocycles. The molecule has 10 heteroatoms. The molecule has 0 bridgehead atoms. The minimum atomic E-state index is -4.01. The van der Waals surface area contributed by atoms with E-state index in [1.165, 1.54) is 12.1 Å². The summed E-state index contributed by atoms with van der Waals surface area (Å²) in [5, 5.41) is 5.37. The van der Waals surface area contributed by atoms with Crippen LogP contribution in [0.2, 0.25) is 0 Å². The lowest BCUT2D eigenvalue weighted by atomic mass is 9.69. The quantitative estimate of drug-likeness (QED) is 0.342. The molecule has 0 aliphatic carbocycles. The molecule has 1 aromatic heterocycles. The van der Waals surface area contributed by atoms with E-state index in [-0.39, 0.29) is 23.9 Å². The molecule has 0 unspecified atom stereocenters. The molecule has 4 aromatic rings. The topological polar surface area (TPSA) is 98.1 Å². The Morgan fingerprint density at radius 3 is 2.25 bits per heavy atom. The summed E-state index contributed by atoms with van der Waals surface area (Å²) < 4.78 is 64.6. The molecule has 0 aliphatic heterocycles. The number of nitrogens with zero attached hydrogens (tertiary/aromatic N) is 2. The predicted molar refractivity (Wildman–Crippen MR) is 139 cm³/mol. The van der Waals surface area contributed by atoms with Gasteiger partial charge in [0.05, 0.1) is 29.4 Å². The van der Waals surface area contributed by atoms with Crippen LogP contribution < -0.4 is 4.13 Å². The van der Waals surface area contributed by atoms with Gasteiger partial charge in [0.15, 0.2) is 0 Å². The summed E-state index contributed by atoms with van der Waals surface area (Å²) in [5.74, 6) is -0.828. The van der Waals surface area contributed by atoms with Crippen molar-refractivity contribution in [3.05, 3.63) is 95.9 Å². The Morgan fingerprint density at radius 2 is 1.61 bits per heavy atom. The maximum absolute atomic E-state index is 13.4. The second-order valence-electron chi connectivity index (χ2n) is 9.61. The van der Waals surface area contributed by atoms with Gasteiger partial charge in [-0.1, -0.05) is 50.2 Å². The largest absolute Gasteiger partial charge is 0.233 e. The van der Waals surface area contributed by atoms with Gasteiger partial charge < -0.3 is 0 Å². The Bertz CT molecular complexity index is 1580. The number of halogens is 1. The normalized spacial score (nSPS) is 13.7. The van der Waals surface area contributed by atoms with Crippen LogP contribution in [0.25, 0.3) is 16.6 Å². The molecular formula is C26H28FN3O4S2. The van der Waals surface area contributed by atoms with Gasteiger partial charge in [0, 0.05) is 11.3 Å². The average Bonchev–Trinajstić information content (AvgIpc) is 3.21. The lowest BCUT2D eigenvalue weighted by Crippen LogP contribution is -2.34. The standard InChI is InChI=1S/C26H28FN3O4S2/c1-26(2,15-16-36(33,34)29-35(3,31)32)25(19-7-5-4-6-8-19)20-9-14-24-21(17-20)18-28-30(24)23-12-10-22(27)11-13-23/h4-14,17-18,25,29H,15-16H2,1-3H3/t25-/m0/s1. The van der Waals surface area contributed by atoms with Crippen molar-refractivity contribution in [2.45, 2.75) is 26.2 Å². The first kappa shape index (κ1) is 26.0. The zero-order valence-electron chi connectivity index (χ0n) is 20.2. The highest BCUT2D eigenvalue weighted by Gasteiger charge is 2.34. The van der Waals surface area contributed by atoms with Gasteiger partial charge >= 0.3 is 0 Å². The third-order valence-corrected chi connectivity index (χ3v) is 9.17. The predicted octanol–water partition coefficient (Wildman–Crippen LogP) is 4.59. The van der Waals surface area contributed by atoms with Gasteiger partial charge in [-0.3, -0.25) is 0 Å². The third kappa shape index (κ3) is 6.00. The highest BCUT2D eigenvalue weighted by atomic mass is 32.3. The molecule has 1 heterocycles. The fraction of sp³-hybridized carbons (Fsp3) is 0.269. The molecule has 1 N–H and O–H groups in total. The van der Waals surface area contributed by atoms with Crippen LogP contribution in [0, 0.1) is 11.2 Å². The zero-order chi connectivity index (χ0) is 26.1. The van der Waals surface area contributed by atoms with Crippen molar-refractivity contribution >= 4 is 30.9 Å². The molecule has 0 amide bonds. The SMILES string of the molecule is CC(C)(CCS(=O)(=O)NS(C)(=O)=O)[C@@H](c1ccccc1)c1ccc2c(cnn2-c2ccc(F)cc2)c1. The molecule has 3 aromatic carbocycles. The number of aromatic nitrogens is 2. The summed E-state index contributed by atoms with van der Waals surface area (Å²) in [4.78, 5) is 0. The molecule has 190 valence electrons. The Kier molecular flexibility index (Phi) is 7.05. The second-order valence-corrected chi connectivity index (χ2v) is 13.5. The lowest BCUT2D eigenvalue weighted by molar-refractivity contribution is 0.306. The van der Waals surface area contributed by atoms with Gasteiger partial charge in [0.25, 0.3) is 0 Å². The summed E-state index contributed by atoms with van der Waals surface area (Å²) in [6.07, 6.45) is 2.80. The summed E-state index contributed by atoms with van der Waals surface area (Å²) in [5.41, 5.74) is 3.04. The smallest absolute Gasteiger partial charge is 0.224 e. The van der Waals surface area contributed by atoms with E-state index in [0.29, 0.717) is 0 Å². The van der Waals surface area contributed by atoms with Crippen LogP contribution in [0.3, 0.4) is 0 Å². The van der Waals surface area contributed by atoms with Crippen molar-refractivity contribution in [3.8, 4) is 5.69 Å². The molecular weight excluding hydrogens is 501 g/mol. The number of hydrogen-bond donors (Lipinski definition) is 1. The van der Waals surface area contributed by atoms with E-state index < -0.39 is 25.5 Å². The Morgan fingerprint density at radius 1 is 0.944 bits per heavy atom. The van der Waals surface area contributed by atoms with Crippen molar-refractivity contribution in [1.29, 1.82) is 0 Å². The van der Waals surface area contributed by atoms with E-state index in [4.69, 9.17) is 0 Å². The van der Waals surface area contributed by atoms with E-state index in [2.05, 4.69) is 5.10 Å². The van der Waals surface area contributed by atoms with E-state index in [0.717, 1.165) is 34.0 Å². The average molecular weight is 530 g/mol. The van der Waals surface area contributed by atoms with Gasteiger partial charge in [-0.25, -0.2) is 25.9 Å². The van der Waals surface area contributed by atoms with E-state index in [1.54, 1.807) is 27.1 Å². The molecule has 0 spiro atoms. The molecule has 1 atom stereocenters. The Balaban J connectivity index is 1.71. The first-order valence-corrected chi connectivity index (χ1v) is 14.9. The lowest BCUT2D eigenvalue weighted by Gasteiger charge is -2.35. The molecule has 4 rings (SSSR count). The fourth-order valence-electron chi connectivity index (χ4n) is 4.57. The molecule has 0 fully saturated rings. The summed E-state index contributed by atoms with van der Waals surface area (Å²) in [7, 11) is -7.90. The maximum atomic E-state index is 13.4. The van der Waals surface area contributed by atoms with Crippen molar-refractivity contribution in [3.63, 3.8) is 0 Å². The van der Waals surface area contributed by atoms with Gasteiger partial charge in [-0.05, 0) is 59.4 Å². The molecule has 0 radical (unpaired) electrons. The summed E-state index contributed by atoms with van der Waals surface area (Å²) in [6.45, 7) is 3.96. The number of hydrogen-bond acceptors (Lipinski definition) is 5. The van der Waals surface area contributed by atoms with Gasteiger partial charge in [-0.2, -0.15) is 5.10 Å². The van der Waals surface area contributed by atoms with Crippen LogP contribution >= 0.6 is 0 Å². The van der Waals surface area contributed by atoms with Crippen LogP contribution in [0.15, 0.2) is 79.0 Å². The molecule has 0 saturated carbocycles. The summed E-state index contributed by atoms with van der Waals surface area (Å²) >= 11 is 0. The highest BCUT2D eigenvalue weighted by Crippen LogP contribution is 2.44. The summed E-state index contributed by atoms with van der Waals surface area (Å²) in [6, 6.07) is 21.9. The second kappa shape index (κ2) is 9.76. The minimum Gasteiger partial charge on any atom is -0.233 e. The molecule has 7 nitrogen and oxygen atoms in total. The van der Waals surface area contributed by atoms with Crippen LogP contribution in [0.5, 0.6) is 0 Å². The zero-order valence-corrected chi connectivity index (χ0v) is 21.9. The number of rotatable bonds is 9. The highest BCUT2D eigenvalue weighted by molar-refractivity contribution is 8.04. The van der Waals surface area contributed by atoms with Gasteiger partial charge in [-0.15, -0.1) is 4.13 Å². The van der Waals surface area contributed by atoms with Crippen LogP contribution in [0.1, 0.15) is 37.3 Å². The van der Waals surface area contributed by atoms with Crippen LogP contribution in [-0.2, 0) is 20.0 Å². The van der Waals surface area contributed by atoms with E-state index in [9.17, 15) is 21.2 Å². The number of nitrogens with one attached hydrogen (secondary N) is 1. The van der Waals surface area contributed by atoms with Crippen LogP contribution in [0.4, 0.5) is 4.39 Å². The van der Waals surface area contributed by atoms with Crippen molar-refractivity contribution in [2.75, 3.05) is 12.0 Å². The third-order valence-electron chi connectivity index (χ3n) is 6.20. The number of fused-ring (bicyclic) bond motifs is 1. The van der Waals surface area contributed by atoms with Crippen molar-refractivity contribution in [1.82, 2.24) is 13.9 Å². The van der Waals surface area contributed by atoms with Gasteiger partial charge in [0.1, 0.15) is 5.82 Å². The molecule has 0 aliphatic rings.